The molecule has 0 aromatic heterocycles. The van der Waals surface area contributed by atoms with Gasteiger partial charge in [0.15, 0.2) is 11.6 Å². The highest BCUT2D eigenvalue weighted by molar-refractivity contribution is 6.23. The van der Waals surface area contributed by atoms with E-state index in [2.05, 4.69) is 0 Å². The Morgan fingerprint density at radius 2 is 1.17 bits per heavy atom. The van der Waals surface area contributed by atoms with E-state index in [0.29, 0.717) is 24.0 Å². The fourth-order valence-corrected chi connectivity index (χ4v) is 2.97. The highest BCUT2D eigenvalue weighted by Gasteiger charge is 2.25. The van der Waals surface area contributed by atoms with E-state index in [0.717, 1.165) is 21.9 Å². The molecular weight excluding hydrogens is 224 g/mol. The van der Waals surface area contributed by atoms with Gasteiger partial charge in [-0.05, 0) is 16.5 Å². The summed E-state index contributed by atoms with van der Waals surface area (Å²) >= 11 is 0. The average Bonchev–Trinajstić information content (AvgIpc) is 2.76. The number of Topliss-reactive ketones (excluding diaryl/α,β-unsaturated/α-hetero) is 2. The topological polar surface area (TPSA) is 34.1 Å². The number of benzene rings is 2. The molecular formula is C16H10O2. The maximum atomic E-state index is 12.1. The number of ketones is 2. The summed E-state index contributed by atoms with van der Waals surface area (Å²) < 4.78 is 0. The molecule has 0 fully saturated rings. The molecule has 0 N–H and O–H groups in total. The van der Waals surface area contributed by atoms with Crippen molar-refractivity contribution in [2.24, 2.45) is 0 Å². The van der Waals surface area contributed by atoms with Gasteiger partial charge in [-0.25, -0.2) is 0 Å². The molecule has 2 aromatic rings. The Kier molecular flexibility index (Phi) is 1.72. The van der Waals surface area contributed by atoms with Crippen LogP contribution in [0.1, 0.15) is 44.7 Å². The molecule has 0 bridgehead atoms. The van der Waals surface area contributed by atoms with Crippen LogP contribution in [0.5, 0.6) is 0 Å². The maximum Gasteiger partial charge on any atom is 0.163 e. The van der Waals surface area contributed by atoms with Gasteiger partial charge >= 0.3 is 0 Å². The van der Waals surface area contributed by atoms with Crippen LogP contribution in [0.4, 0.5) is 0 Å². The zero-order valence-electron chi connectivity index (χ0n) is 9.69. The summed E-state index contributed by atoms with van der Waals surface area (Å²) in [6.45, 7) is 0. The SMILES string of the molecule is O=C1CCC(=O)c2ccc3c4c(ccc1c24)C=C3. The normalized spacial score (nSPS) is 16.4. The second-order valence-electron chi connectivity index (χ2n) is 4.83. The van der Waals surface area contributed by atoms with Crippen molar-refractivity contribution < 1.29 is 9.59 Å². The summed E-state index contributed by atoms with van der Waals surface area (Å²) in [6.07, 6.45) is 4.73. The van der Waals surface area contributed by atoms with Crippen molar-refractivity contribution in [2.75, 3.05) is 0 Å². The molecule has 2 aliphatic carbocycles. The first-order chi connectivity index (χ1) is 8.75. The highest BCUT2D eigenvalue weighted by Crippen LogP contribution is 2.37. The average molecular weight is 234 g/mol. The second-order valence-corrected chi connectivity index (χ2v) is 4.83. The lowest BCUT2D eigenvalue weighted by Gasteiger charge is -2.09. The van der Waals surface area contributed by atoms with Gasteiger partial charge in [-0.2, -0.15) is 0 Å². The van der Waals surface area contributed by atoms with E-state index in [-0.39, 0.29) is 11.6 Å². The van der Waals surface area contributed by atoms with E-state index >= 15 is 0 Å². The van der Waals surface area contributed by atoms with E-state index in [1.807, 2.05) is 36.4 Å². The van der Waals surface area contributed by atoms with Crippen LogP contribution in [-0.2, 0) is 0 Å². The Balaban J connectivity index is 2.27. The van der Waals surface area contributed by atoms with E-state index < -0.39 is 0 Å². The molecule has 0 amide bonds. The van der Waals surface area contributed by atoms with Crippen LogP contribution in [0.2, 0.25) is 0 Å². The molecule has 0 unspecified atom stereocenters. The first-order valence-corrected chi connectivity index (χ1v) is 6.10. The molecule has 0 atom stereocenters. The molecule has 4 rings (SSSR count). The summed E-state index contributed by atoms with van der Waals surface area (Å²) in [5, 5.41) is 1.93. The minimum atomic E-state index is 0.0812. The fourth-order valence-electron chi connectivity index (χ4n) is 2.97. The molecule has 0 heterocycles. The number of rotatable bonds is 0. The molecule has 0 radical (unpaired) electrons. The van der Waals surface area contributed by atoms with Gasteiger partial charge in [-0.3, -0.25) is 9.59 Å². The molecule has 2 nitrogen and oxygen atoms in total. The van der Waals surface area contributed by atoms with Gasteiger partial charge in [0.2, 0.25) is 0 Å². The predicted octanol–water partition coefficient (Wildman–Crippen LogP) is 3.48. The van der Waals surface area contributed by atoms with Crippen LogP contribution in [0.15, 0.2) is 24.3 Å². The second kappa shape index (κ2) is 3.16. The van der Waals surface area contributed by atoms with Crippen molar-refractivity contribution in [2.45, 2.75) is 12.8 Å². The molecule has 0 saturated carbocycles. The monoisotopic (exact) mass is 234 g/mol. The third-order valence-corrected chi connectivity index (χ3v) is 3.85. The molecule has 2 aromatic carbocycles. The largest absolute Gasteiger partial charge is 0.294 e. The first kappa shape index (κ1) is 9.77. The van der Waals surface area contributed by atoms with E-state index in [1.165, 1.54) is 0 Å². The predicted molar refractivity (Wildman–Crippen MR) is 70.8 cm³/mol. The standard InChI is InChI=1S/C16H10O2/c17-13-7-8-14(18)12-6-4-10-2-1-9-3-5-11(13)16(12)15(9)10/h1-6H,7-8H2. The zero-order chi connectivity index (χ0) is 12.3. The Hall–Kier alpha value is -2.22. The van der Waals surface area contributed by atoms with Gasteiger partial charge in [0.05, 0.1) is 0 Å². The van der Waals surface area contributed by atoms with Crippen LogP contribution in [0, 0.1) is 0 Å². The van der Waals surface area contributed by atoms with E-state index in [9.17, 15) is 9.59 Å². The van der Waals surface area contributed by atoms with Crippen molar-refractivity contribution in [3.05, 3.63) is 46.5 Å². The van der Waals surface area contributed by atoms with Crippen molar-refractivity contribution in [1.82, 2.24) is 0 Å². The third-order valence-electron chi connectivity index (χ3n) is 3.85. The summed E-state index contributed by atoms with van der Waals surface area (Å²) in [5.74, 6) is 0.162. The van der Waals surface area contributed by atoms with Crippen LogP contribution < -0.4 is 0 Å². The Morgan fingerprint density at radius 3 is 1.67 bits per heavy atom. The lowest BCUT2D eigenvalue weighted by molar-refractivity contribution is 0.0925. The van der Waals surface area contributed by atoms with Crippen molar-refractivity contribution in [3.63, 3.8) is 0 Å². The quantitative estimate of drug-likeness (QED) is 0.596. The van der Waals surface area contributed by atoms with E-state index in [1.54, 1.807) is 0 Å². The minimum absolute atomic E-state index is 0.0812. The molecule has 18 heavy (non-hydrogen) atoms. The fraction of sp³-hybridized carbons (Fsp3) is 0.125. The Morgan fingerprint density at radius 1 is 0.667 bits per heavy atom. The van der Waals surface area contributed by atoms with Crippen molar-refractivity contribution >= 4 is 34.5 Å². The van der Waals surface area contributed by atoms with E-state index in [4.69, 9.17) is 0 Å². The van der Waals surface area contributed by atoms with Gasteiger partial charge in [0.1, 0.15) is 0 Å². The lowest BCUT2D eigenvalue weighted by atomic mass is 9.93. The van der Waals surface area contributed by atoms with Gasteiger partial charge in [0, 0.05) is 29.4 Å². The van der Waals surface area contributed by atoms with Crippen LogP contribution in [0.3, 0.4) is 0 Å². The smallest absolute Gasteiger partial charge is 0.163 e. The van der Waals surface area contributed by atoms with Gasteiger partial charge in [0.25, 0.3) is 0 Å². The van der Waals surface area contributed by atoms with Gasteiger partial charge in [-0.1, -0.05) is 36.4 Å². The van der Waals surface area contributed by atoms with Crippen molar-refractivity contribution in [3.8, 4) is 0 Å². The number of hydrogen-bond acceptors (Lipinski definition) is 2. The number of hydrogen-bond donors (Lipinski definition) is 0. The zero-order valence-corrected chi connectivity index (χ0v) is 9.69. The van der Waals surface area contributed by atoms with Crippen LogP contribution in [0.25, 0.3) is 22.9 Å². The summed E-state index contributed by atoms with van der Waals surface area (Å²) in [6, 6.07) is 7.67. The highest BCUT2D eigenvalue weighted by atomic mass is 16.1. The van der Waals surface area contributed by atoms with Crippen molar-refractivity contribution in [1.29, 1.82) is 0 Å². The lowest BCUT2D eigenvalue weighted by Crippen LogP contribution is -1.98. The first-order valence-electron chi connectivity index (χ1n) is 6.10. The third kappa shape index (κ3) is 1.07. The molecule has 0 aliphatic heterocycles. The van der Waals surface area contributed by atoms with Gasteiger partial charge < -0.3 is 0 Å². The Bertz CT molecular complexity index is 706. The van der Waals surface area contributed by atoms with Crippen LogP contribution in [-0.4, -0.2) is 11.6 Å². The van der Waals surface area contributed by atoms with Crippen LogP contribution >= 0.6 is 0 Å². The van der Waals surface area contributed by atoms with Gasteiger partial charge in [-0.15, -0.1) is 0 Å². The molecule has 2 heteroatoms. The summed E-state index contributed by atoms with van der Waals surface area (Å²) in [7, 11) is 0. The molecule has 2 aliphatic rings. The molecule has 0 saturated heterocycles. The Labute approximate surface area is 104 Å². The molecule has 86 valence electrons. The maximum absolute atomic E-state index is 12.1. The number of carbonyl (C=O) groups excluding carboxylic acids is 2. The minimum Gasteiger partial charge on any atom is -0.294 e. The molecule has 0 spiro atoms. The summed E-state index contributed by atoms with van der Waals surface area (Å²) in [4.78, 5) is 24.2. The summed E-state index contributed by atoms with van der Waals surface area (Å²) in [5.41, 5.74) is 3.63. The number of carbonyl (C=O) groups is 2.